The average Bonchev–Trinajstić information content (AvgIpc) is 2.92. The summed E-state index contributed by atoms with van der Waals surface area (Å²) in [5.41, 5.74) is 2.97. The van der Waals surface area contributed by atoms with Crippen molar-refractivity contribution in [3.63, 3.8) is 0 Å². The highest BCUT2D eigenvalue weighted by Gasteiger charge is 2.21. The van der Waals surface area contributed by atoms with E-state index in [-0.39, 0.29) is 16.9 Å². The average molecular weight is 535 g/mol. The summed E-state index contributed by atoms with van der Waals surface area (Å²) in [5.74, 6) is 0.242. The third kappa shape index (κ3) is 7.09. The number of carbonyl (C=O) groups excluding carboxylic acids is 2. The summed E-state index contributed by atoms with van der Waals surface area (Å²) in [5, 5.41) is 6.37. The molecule has 0 saturated carbocycles. The lowest BCUT2D eigenvalue weighted by Gasteiger charge is -2.36. The molecule has 7 nitrogen and oxygen atoms in total. The fraction of sp³-hybridized carbons (Fsp3) is 0.179. The van der Waals surface area contributed by atoms with E-state index in [0.717, 1.165) is 11.3 Å². The minimum absolute atomic E-state index is 0.00125. The molecule has 1 fully saturated rings. The number of carbonyl (C=O) groups is 2. The molecule has 0 unspecified atom stereocenters. The van der Waals surface area contributed by atoms with Crippen molar-refractivity contribution in [2.24, 2.45) is 0 Å². The van der Waals surface area contributed by atoms with Gasteiger partial charge in [-0.1, -0.05) is 48.0 Å². The highest BCUT2D eigenvalue weighted by Crippen LogP contribution is 2.29. The van der Waals surface area contributed by atoms with E-state index >= 15 is 0 Å². The van der Waals surface area contributed by atoms with Gasteiger partial charge in [0.1, 0.15) is 5.75 Å². The van der Waals surface area contributed by atoms with E-state index in [4.69, 9.17) is 28.6 Å². The molecule has 1 aliphatic heterocycles. The van der Waals surface area contributed by atoms with E-state index in [0.29, 0.717) is 48.2 Å². The minimum atomic E-state index is -0.342. The van der Waals surface area contributed by atoms with Gasteiger partial charge in [-0.2, -0.15) is 0 Å². The van der Waals surface area contributed by atoms with Crippen LogP contribution in [0.25, 0.3) is 6.08 Å². The molecule has 2 amide bonds. The second-order valence-electron chi connectivity index (χ2n) is 8.36. The van der Waals surface area contributed by atoms with E-state index in [1.54, 1.807) is 43.5 Å². The zero-order chi connectivity index (χ0) is 26.2. The number of halogens is 1. The predicted molar refractivity (Wildman–Crippen MR) is 152 cm³/mol. The third-order valence-corrected chi connectivity index (χ3v) is 6.42. The summed E-state index contributed by atoms with van der Waals surface area (Å²) in [4.78, 5) is 29.0. The van der Waals surface area contributed by atoms with Gasteiger partial charge in [0.05, 0.1) is 17.8 Å². The first-order valence-electron chi connectivity index (χ1n) is 11.8. The molecular weight excluding hydrogens is 508 g/mol. The molecular formula is C28H27ClN4O3S. The van der Waals surface area contributed by atoms with Crippen LogP contribution in [-0.4, -0.2) is 55.1 Å². The molecule has 4 rings (SSSR count). The van der Waals surface area contributed by atoms with Crippen molar-refractivity contribution in [2.45, 2.75) is 0 Å². The fourth-order valence-electron chi connectivity index (χ4n) is 3.95. The van der Waals surface area contributed by atoms with Gasteiger partial charge in [0, 0.05) is 43.5 Å². The normalized spacial score (nSPS) is 13.4. The van der Waals surface area contributed by atoms with Crippen LogP contribution >= 0.6 is 23.8 Å². The molecule has 0 aromatic heterocycles. The zero-order valence-corrected chi connectivity index (χ0v) is 21.9. The summed E-state index contributed by atoms with van der Waals surface area (Å²) >= 11 is 11.9. The Morgan fingerprint density at radius 2 is 1.73 bits per heavy atom. The van der Waals surface area contributed by atoms with Crippen LogP contribution in [0.4, 0.5) is 11.4 Å². The second kappa shape index (κ2) is 12.4. The minimum Gasteiger partial charge on any atom is -0.497 e. The lowest BCUT2D eigenvalue weighted by atomic mass is 10.2. The highest BCUT2D eigenvalue weighted by molar-refractivity contribution is 7.80. The monoisotopic (exact) mass is 534 g/mol. The van der Waals surface area contributed by atoms with Gasteiger partial charge in [-0.15, -0.1) is 0 Å². The number of anilines is 2. The van der Waals surface area contributed by atoms with Crippen molar-refractivity contribution in [3.05, 3.63) is 95.0 Å². The van der Waals surface area contributed by atoms with Crippen LogP contribution in [0.1, 0.15) is 15.9 Å². The summed E-state index contributed by atoms with van der Waals surface area (Å²) in [6.45, 7) is 2.56. The molecule has 0 bridgehead atoms. The molecule has 2 N–H and O–H groups in total. The first kappa shape index (κ1) is 26.2. The number of methoxy groups -OCH3 is 1. The maximum absolute atomic E-state index is 12.6. The van der Waals surface area contributed by atoms with Gasteiger partial charge in [-0.25, -0.2) is 0 Å². The molecule has 190 valence electrons. The van der Waals surface area contributed by atoms with E-state index in [2.05, 4.69) is 15.5 Å². The topological polar surface area (TPSA) is 73.9 Å². The Labute approximate surface area is 226 Å². The Balaban J connectivity index is 1.29. The van der Waals surface area contributed by atoms with Crippen LogP contribution in [0.2, 0.25) is 5.02 Å². The molecule has 0 spiro atoms. The quantitative estimate of drug-likeness (QED) is 0.348. The van der Waals surface area contributed by atoms with Crippen LogP contribution in [0.5, 0.6) is 5.75 Å². The number of hydrogen-bond acceptors (Lipinski definition) is 5. The molecule has 3 aromatic carbocycles. The number of hydrogen-bond donors (Lipinski definition) is 2. The van der Waals surface area contributed by atoms with Crippen LogP contribution in [0, 0.1) is 0 Å². The van der Waals surface area contributed by atoms with Crippen molar-refractivity contribution >= 4 is 58.2 Å². The summed E-state index contributed by atoms with van der Waals surface area (Å²) < 4.78 is 5.16. The Morgan fingerprint density at radius 1 is 0.973 bits per heavy atom. The maximum Gasteiger partial charge on any atom is 0.257 e. The van der Waals surface area contributed by atoms with E-state index in [9.17, 15) is 9.59 Å². The Morgan fingerprint density at radius 3 is 2.43 bits per heavy atom. The Kier molecular flexibility index (Phi) is 8.77. The number of amides is 2. The van der Waals surface area contributed by atoms with Gasteiger partial charge in [0.25, 0.3) is 5.91 Å². The van der Waals surface area contributed by atoms with Crippen molar-refractivity contribution in [2.75, 3.05) is 43.5 Å². The van der Waals surface area contributed by atoms with Crippen LogP contribution in [0.3, 0.4) is 0 Å². The number of rotatable bonds is 6. The van der Waals surface area contributed by atoms with Gasteiger partial charge in [0.15, 0.2) is 5.11 Å². The number of thiocarbonyl (C=S) groups is 1. The highest BCUT2D eigenvalue weighted by atomic mass is 35.5. The summed E-state index contributed by atoms with van der Waals surface area (Å²) in [7, 11) is 1.54. The van der Waals surface area contributed by atoms with Crippen molar-refractivity contribution < 1.29 is 14.3 Å². The van der Waals surface area contributed by atoms with Crippen LogP contribution < -0.4 is 20.3 Å². The molecule has 0 atom stereocenters. The second-order valence-corrected chi connectivity index (χ2v) is 9.18. The van der Waals surface area contributed by atoms with E-state index in [1.807, 2.05) is 53.4 Å². The molecule has 0 radical (unpaired) electrons. The molecule has 1 aliphatic rings. The first-order chi connectivity index (χ1) is 17.9. The molecule has 9 heteroatoms. The van der Waals surface area contributed by atoms with Gasteiger partial charge < -0.3 is 19.9 Å². The third-order valence-electron chi connectivity index (χ3n) is 5.91. The van der Waals surface area contributed by atoms with Crippen molar-refractivity contribution in [3.8, 4) is 5.75 Å². The Bertz CT molecular complexity index is 1310. The van der Waals surface area contributed by atoms with E-state index < -0.39 is 0 Å². The SMILES string of the molecule is COc1cccc(C(=O)NC(=S)Nc2ccc(N3CCN(C(=O)/C=C/c4ccccc4)CC3)c(Cl)c2)c1. The number of benzene rings is 3. The largest absolute Gasteiger partial charge is 0.497 e. The standard InChI is InChI=1S/C28H27ClN4O3S/c1-36-23-9-5-8-21(18-23)27(35)31-28(37)30-22-11-12-25(24(29)19-22)32-14-16-33(17-15-32)26(34)13-10-20-6-3-2-4-7-20/h2-13,18-19H,14-17H2,1H3,(H2,30,31,35,37)/b13-10+. The fourth-order valence-corrected chi connectivity index (χ4v) is 4.46. The maximum atomic E-state index is 12.6. The molecule has 1 heterocycles. The molecule has 0 aliphatic carbocycles. The van der Waals surface area contributed by atoms with Crippen molar-refractivity contribution in [1.82, 2.24) is 10.2 Å². The molecule has 1 saturated heterocycles. The van der Waals surface area contributed by atoms with Crippen molar-refractivity contribution in [1.29, 1.82) is 0 Å². The van der Waals surface area contributed by atoms with Crippen LogP contribution in [0.15, 0.2) is 78.9 Å². The lowest BCUT2D eigenvalue weighted by Crippen LogP contribution is -2.48. The summed E-state index contributed by atoms with van der Waals surface area (Å²) in [6, 6.07) is 22.1. The number of piperazine rings is 1. The molecule has 37 heavy (non-hydrogen) atoms. The number of nitrogens with one attached hydrogen (secondary N) is 2. The first-order valence-corrected chi connectivity index (χ1v) is 12.5. The Hall–Kier alpha value is -3.88. The predicted octanol–water partition coefficient (Wildman–Crippen LogP) is 4.84. The van der Waals surface area contributed by atoms with Gasteiger partial charge in [0.2, 0.25) is 5.91 Å². The molecule has 3 aromatic rings. The van der Waals surface area contributed by atoms with Gasteiger partial charge in [-0.3, -0.25) is 14.9 Å². The smallest absolute Gasteiger partial charge is 0.257 e. The summed E-state index contributed by atoms with van der Waals surface area (Å²) in [6.07, 6.45) is 3.45. The van der Waals surface area contributed by atoms with Crippen LogP contribution in [-0.2, 0) is 4.79 Å². The lowest BCUT2D eigenvalue weighted by molar-refractivity contribution is -0.126. The van der Waals surface area contributed by atoms with Gasteiger partial charge in [-0.05, 0) is 60.3 Å². The number of nitrogens with zero attached hydrogens (tertiary/aromatic N) is 2. The number of ether oxygens (including phenoxy) is 1. The van der Waals surface area contributed by atoms with Gasteiger partial charge >= 0.3 is 0 Å². The van der Waals surface area contributed by atoms with E-state index in [1.165, 1.54) is 0 Å². The zero-order valence-electron chi connectivity index (χ0n) is 20.3.